The molecular formula is C8H3ClN2O4. The van der Waals surface area contributed by atoms with Gasteiger partial charge in [-0.05, 0) is 6.07 Å². The Morgan fingerprint density at radius 1 is 1.53 bits per heavy atom. The number of non-ortho nitro benzene ring substituents is 1. The average Bonchev–Trinajstić information content (AvgIpc) is 2.17. The van der Waals surface area contributed by atoms with Gasteiger partial charge in [0.2, 0.25) is 6.08 Å². The van der Waals surface area contributed by atoms with E-state index in [4.69, 9.17) is 11.6 Å². The Kier molecular flexibility index (Phi) is 3.28. The quantitative estimate of drug-likeness (QED) is 0.332. The van der Waals surface area contributed by atoms with Crippen molar-refractivity contribution in [2.75, 3.05) is 0 Å². The van der Waals surface area contributed by atoms with Crippen molar-refractivity contribution in [1.82, 2.24) is 0 Å². The van der Waals surface area contributed by atoms with E-state index in [0.717, 1.165) is 24.3 Å². The molecular weight excluding hydrogens is 224 g/mol. The number of carbonyl (C=O) groups is 1. The second kappa shape index (κ2) is 4.45. The minimum atomic E-state index is -0.884. The first-order chi connectivity index (χ1) is 7.06. The second-order valence-electron chi connectivity index (χ2n) is 2.43. The standard InChI is InChI=1S/C8H3ClN2O4/c9-7-3-5(11(14)15)1-2-6(7)8(13)10-4-12/h1-3H. The number of benzene rings is 1. The molecule has 0 radical (unpaired) electrons. The first-order valence-corrected chi connectivity index (χ1v) is 4.00. The van der Waals surface area contributed by atoms with E-state index in [-0.39, 0.29) is 16.3 Å². The van der Waals surface area contributed by atoms with Gasteiger partial charge in [0.05, 0.1) is 15.5 Å². The topological polar surface area (TPSA) is 89.6 Å². The van der Waals surface area contributed by atoms with Gasteiger partial charge in [0.1, 0.15) is 0 Å². The first-order valence-electron chi connectivity index (χ1n) is 3.62. The highest BCUT2D eigenvalue weighted by Gasteiger charge is 2.13. The Balaban J connectivity index is 3.19. The van der Waals surface area contributed by atoms with Crippen molar-refractivity contribution in [2.45, 2.75) is 0 Å². The van der Waals surface area contributed by atoms with E-state index in [1.807, 2.05) is 0 Å². The van der Waals surface area contributed by atoms with Gasteiger partial charge < -0.3 is 0 Å². The Morgan fingerprint density at radius 3 is 2.67 bits per heavy atom. The van der Waals surface area contributed by atoms with Crippen LogP contribution < -0.4 is 0 Å². The van der Waals surface area contributed by atoms with Gasteiger partial charge in [0.25, 0.3) is 11.6 Å². The molecule has 0 heterocycles. The SMILES string of the molecule is O=C=NC(=O)c1ccc([N+](=O)[O-])cc1Cl. The first kappa shape index (κ1) is 11.0. The number of hydrogen-bond acceptors (Lipinski definition) is 4. The maximum atomic E-state index is 11.1. The number of nitro groups is 1. The molecule has 0 unspecified atom stereocenters. The molecule has 7 heteroatoms. The summed E-state index contributed by atoms with van der Waals surface area (Å²) < 4.78 is 0. The van der Waals surface area contributed by atoms with Crippen molar-refractivity contribution < 1.29 is 14.5 Å². The molecule has 0 fully saturated rings. The fourth-order valence-electron chi connectivity index (χ4n) is 0.893. The van der Waals surface area contributed by atoms with Crippen molar-refractivity contribution in [1.29, 1.82) is 0 Å². The molecule has 0 saturated heterocycles. The number of isocyanates is 1. The largest absolute Gasteiger partial charge is 0.289 e. The molecule has 76 valence electrons. The van der Waals surface area contributed by atoms with Gasteiger partial charge in [0.15, 0.2) is 0 Å². The zero-order valence-electron chi connectivity index (χ0n) is 7.14. The van der Waals surface area contributed by atoms with Crippen molar-refractivity contribution in [3.8, 4) is 0 Å². The average molecular weight is 227 g/mol. The van der Waals surface area contributed by atoms with E-state index in [1.54, 1.807) is 0 Å². The van der Waals surface area contributed by atoms with Crippen LogP contribution in [0.2, 0.25) is 5.02 Å². The molecule has 0 bridgehead atoms. The summed E-state index contributed by atoms with van der Waals surface area (Å²) in [7, 11) is 0. The summed E-state index contributed by atoms with van der Waals surface area (Å²) in [5, 5.41) is 10.2. The minimum absolute atomic E-state index is 0.0781. The molecule has 0 spiro atoms. The van der Waals surface area contributed by atoms with Crippen LogP contribution in [0.3, 0.4) is 0 Å². The molecule has 0 aliphatic heterocycles. The lowest BCUT2D eigenvalue weighted by molar-refractivity contribution is -0.384. The highest BCUT2D eigenvalue weighted by molar-refractivity contribution is 6.34. The number of halogens is 1. The maximum Gasteiger partial charge on any atom is 0.289 e. The van der Waals surface area contributed by atoms with Crippen LogP contribution in [0.4, 0.5) is 5.69 Å². The zero-order valence-corrected chi connectivity index (χ0v) is 7.89. The molecule has 1 rings (SSSR count). The highest BCUT2D eigenvalue weighted by Crippen LogP contribution is 2.22. The van der Waals surface area contributed by atoms with Gasteiger partial charge in [-0.25, -0.2) is 4.79 Å². The van der Waals surface area contributed by atoms with E-state index in [9.17, 15) is 19.7 Å². The monoisotopic (exact) mass is 226 g/mol. The summed E-state index contributed by atoms with van der Waals surface area (Å²) in [5.74, 6) is -0.884. The second-order valence-corrected chi connectivity index (χ2v) is 2.84. The third kappa shape index (κ3) is 2.46. The van der Waals surface area contributed by atoms with E-state index < -0.39 is 10.8 Å². The van der Waals surface area contributed by atoms with E-state index in [1.165, 1.54) is 0 Å². The lowest BCUT2D eigenvalue weighted by Gasteiger charge is -1.97. The molecule has 0 saturated carbocycles. The van der Waals surface area contributed by atoms with Gasteiger partial charge in [-0.3, -0.25) is 14.9 Å². The number of nitrogens with zero attached hydrogens (tertiary/aromatic N) is 2. The minimum Gasteiger partial charge on any atom is -0.266 e. The number of rotatable bonds is 2. The Morgan fingerprint density at radius 2 is 2.20 bits per heavy atom. The van der Waals surface area contributed by atoms with Crippen LogP contribution in [-0.2, 0) is 4.79 Å². The van der Waals surface area contributed by atoms with Gasteiger partial charge in [-0.1, -0.05) is 11.6 Å². The summed E-state index contributed by atoms with van der Waals surface area (Å²) in [6.07, 6.45) is 1.06. The van der Waals surface area contributed by atoms with Crippen molar-refractivity contribution in [3.05, 3.63) is 38.9 Å². The molecule has 15 heavy (non-hydrogen) atoms. The number of aliphatic imine (C=N–C) groups is 1. The fraction of sp³-hybridized carbons (Fsp3) is 0. The molecule has 1 amide bonds. The molecule has 1 aromatic carbocycles. The Labute approximate surface area is 88.3 Å². The summed E-state index contributed by atoms with van der Waals surface area (Å²) >= 11 is 5.59. The summed E-state index contributed by atoms with van der Waals surface area (Å²) in [6, 6.07) is 3.23. The molecule has 0 aliphatic rings. The molecule has 6 nitrogen and oxygen atoms in total. The Hall–Kier alpha value is -2.04. The zero-order chi connectivity index (χ0) is 11.4. The van der Waals surface area contributed by atoms with Crippen LogP contribution in [0.1, 0.15) is 10.4 Å². The Bertz CT molecular complexity index is 480. The van der Waals surface area contributed by atoms with Gasteiger partial charge in [-0.15, -0.1) is 4.99 Å². The van der Waals surface area contributed by atoms with E-state index >= 15 is 0 Å². The predicted molar refractivity (Wildman–Crippen MR) is 50.6 cm³/mol. The van der Waals surface area contributed by atoms with Crippen LogP contribution in [-0.4, -0.2) is 16.9 Å². The molecule has 0 N–H and O–H groups in total. The lowest BCUT2D eigenvalue weighted by atomic mass is 10.2. The third-order valence-electron chi connectivity index (χ3n) is 1.54. The fourth-order valence-corrected chi connectivity index (χ4v) is 1.15. The number of carbonyl (C=O) groups excluding carboxylic acids is 2. The summed E-state index contributed by atoms with van der Waals surface area (Å²) in [5.41, 5.74) is -0.322. The third-order valence-corrected chi connectivity index (χ3v) is 1.85. The summed E-state index contributed by atoms with van der Waals surface area (Å²) in [4.78, 5) is 33.4. The molecule has 0 atom stereocenters. The maximum absolute atomic E-state index is 11.1. The van der Waals surface area contributed by atoms with Crippen LogP contribution in [0.5, 0.6) is 0 Å². The summed E-state index contributed by atoms with van der Waals surface area (Å²) in [6.45, 7) is 0. The number of nitro benzene ring substituents is 1. The van der Waals surface area contributed by atoms with Crippen LogP contribution >= 0.6 is 11.6 Å². The van der Waals surface area contributed by atoms with Gasteiger partial charge in [-0.2, -0.15) is 0 Å². The molecule has 0 aromatic heterocycles. The molecule has 0 aliphatic carbocycles. The molecule has 1 aromatic rings. The van der Waals surface area contributed by atoms with Gasteiger partial charge >= 0.3 is 0 Å². The lowest BCUT2D eigenvalue weighted by Crippen LogP contribution is -1.97. The van der Waals surface area contributed by atoms with Crippen LogP contribution in [0.15, 0.2) is 23.2 Å². The predicted octanol–water partition coefficient (Wildman–Crippen LogP) is 1.72. The van der Waals surface area contributed by atoms with E-state index in [0.29, 0.717) is 0 Å². The number of hydrogen-bond donors (Lipinski definition) is 0. The van der Waals surface area contributed by atoms with Crippen molar-refractivity contribution in [3.63, 3.8) is 0 Å². The smallest absolute Gasteiger partial charge is 0.266 e. The highest BCUT2D eigenvalue weighted by atomic mass is 35.5. The number of amides is 1. The van der Waals surface area contributed by atoms with Crippen LogP contribution in [0, 0.1) is 10.1 Å². The van der Waals surface area contributed by atoms with Crippen molar-refractivity contribution in [2.24, 2.45) is 4.99 Å². The van der Waals surface area contributed by atoms with Crippen molar-refractivity contribution >= 4 is 29.3 Å². The van der Waals surface area contributed by atoms with Gasteiger partial charge in [0, 0.05) is 12.1 Å². The van der Waals surface area contributed by atoms with Crippen LogP contribution in [0.25, 0.3) is 0 Å². The van der Waals surface area contributed by atoms with E-state index in [2.05, 4.69) is 4.99 Å². The normalized spacial score (nSPS) is 9.13.